The lowest BCUT2D eigenvalue weighted by Gasteiger charge is -2.32. The Bertz CT molecular complexity index is 1070. The molecule has 9 nitrogen and oxygen atoms in total. The van der Waals surface area contributed by atoms with Crippen LogP contribution >= 0.6 is 0 Å². The number of alkyl carbamates (subject to hydrolysis) is 1. The van der Waals surface area contributed by atoms with Gasteiger partial charge >= 0.3 is 13.2 Å². The number of carbonyl (C=O) groups is 2. The number of methoxy groups -OCH3 is 1. The van der Waals surface area contributed by atoms with Crippen molar-refractivity contribution >= 4 is 35.7 Å². The number of nitrogens with zero attached hydrogens (tertiary/aromatic N) is 2. The highest BCUT2D eigenvalue weighted by Gasteiger charge is 2.51. The molecule has 2 aliphatic heterocycles. The number of nitrogens with one attached hydrogen (secondary N) is 1. The fourth-order valence-electron chi connectivity index (χ4n) is 4.39. The van der Waals surface area contributed by atoms with Gasteiger partial charge in [0.25, 0.3) is 0 Å². The van der Waals surface area contributed by atoms with Gasteiger partial charge in [-0.1, -0.05) is 19.9 Å². The molecule has 34 heavy (non-hydrogen) atoms. The first-order valence-corrected chi connectivity index (χ1v) is 11.8. The summed E-state index contributed by atoms with van der Waals surface area (Å²) in [6.07, 6.45) is 0.947. The molecule has 0 spiro atoms. The first kappa shape index (κ1) is 24.5. The van der Waals surface area contributed by atoms with Crippen molar-refractivity contribution in [3.8, 4) is 0 Å². The van der Waals surface area contributed by atoms with Gasteiger partial charge in [-0.15, -0.1) is 0 Å². The number of fused-ring (bicyclic) bond motifs is 1. The smallest absolute Gasteiger partial charge is 0.453 e. The van der Waals surface area contributed by atoms with Crippen molar-refractivity contribution in [1.29, 1.82) is 0 Å². The Morgan fingerprint density at radius 3 is 2.50 bits per heavy atom. The van der Waals surface area contributed by atoms with Crippen LogP contribution in [0.25, 0.3) is 11.1 Å². The molecule has 2 fully saturated rings. The van der Waals surface area contributed by atoms with E-state index in [1.807, 2.05) is 59.7 Å². The number of aromatic nitrogens is 1. The van der Waals surface area contributed by atoms with Crippen LogP contribution in [0.3, 0.4) is 0 Å². The predicted molar refractivity (Wildman–Crippen MR) is 128 cm³/mol. The number of likely N-dealkylation sites (tertiary alicyclic amines) is 1. The van der Waals surface area contributed by atoms with Crippen LogP contribution in [0.5, 0.6) is 0 Å². The van der Waals surface area contributed by atoms with Gasteiger partial charge in [-0.05, 0) is 64.1 Å². The topological polar surface area (TPSA) is 103 Å². The molecule has 0 bridgehead atoms. The zero-order chi connectivity index (χ0) is 24.8. The third kappa shape index (κ3) is 4.41. The van der Waals surface area contributed by atoms with E-state index in [0.29, 0.717) is 23.5 Å². The van der Waals surface area contributed by atoms with E-state index in [2.05, 4.69) is 10.3 Å². The molecule has 0 unspecified atom stereocenters. The molecule has 0 radical (unpaired) electrons. The Morgan fingerprint density at radius 2 is 1.88 bits per heavy atom. The lowest BCUT2D eigenvalue weighted by Crippen LogP contribution is -2.51. The van der Waals surface area contributed by atoms with E-state index in [4.69, 9.17) is 18.5 Å². The lowest BCUT2D eigenvalue weighted by atomic mass is 9.79. The average molecular weight is 471 g/mol. The zero-order valence-corrected chi connectivity index (χ0v) is 21.0. The number of benzene rings is 1. The second-order valence-corrected chi connectivity index (χ2v) is 10.4. The highest BCUT2D eigenvalue weighted by Crippen LogP contribution is 2.37. The first-order chi connectivity index (χ1) is 15.9. The molecule has 2 aliphatic rings. The molecule has 1 aromatic heterocycles. The van der Waals surface area contributed by atoms with Crippen molar-refractivity contribution in [2.24, 2.45) is 5.92 Å². The second-order valence-electron chi connectivity index (χ2n) is 10.4. The van der Waals surface area contributed by atoms with Gasteiger partial charge in [-0.25, -0.2) is 9.78 Å². The van der Waals surface area contributed by atoms with Crippen LogP contribution in [0.4, 0.5) is 4.79 Å². The third-order valence-electron chi connectivity index (χ3n) is 7.17. The van der Waals surface area contributed by atoms with E-state index in [9.17, 15) is 9.59 Å². The van der Waals surface area contributed by atoms with Gasteiger partial charge in [0.05, 0.1) is 18.3 Å². The quantitative estimate of drug-likeness (QED) is 0.669. The van der Waals surface area contributed by atoms with Crippen LogP contribution in [0, 0.1) is 5.92 Å². The van der Waals surface area contributed by atoms with Crippen LogP contribution < -0.4 is 10.8 Å². The maximum atomic E-state index is 13.3. The molecule has 0 saturated carbocycles. The largest absolute Gasteiger partial charge is 0.494 e. The number of ether oxygens (including phenoxy) is 1. The molecule has 10 heteroatoms. The highest BCUT2D eigenvalue weighted by molar-refractivity contribution is 6.62. The van der Waals surface area contributed by atoms with Gasteiger partial charge in [-0.3, -0.25) is 4.79 Å². The van der Waals surface area contributed by atoms with Crippen molar-refractivity contribution in [3.63, 3.8) is 0 Å². The van der Waals surface area contributed by atoms with E-state index >= 15 is 0 Å². The summed E-state index contributed by atoms with van der Waals surface area (Å²) in [6.45, 7) is 12.4. The minimum atomic E-state index is -0.688. The Labute approximate surface area is 200 Å². The zero-order valence-electron chi connectivity index (χ0n) is 21.0. The summed E-state index contributed by atoms with van der Waals surface area (Å²) in [6, 6.07) is 4.74. The van der Waals surface area contributed by atoms with Crippen LogP contribution in [0.2, 0.25) is 0 Å². The van der Waals surface area contributed by atoms with Crippen molar-refractivity contribution < 1.29 is 28.1 Å². The minimum absolute atomic E-state index is 0.0982. The monoisotopic (exact) mass is 471 g/mol. The van der Waals surface area contributed by atoms with Crippen LogP contribution in [-0.2, 0) is 18.8 Å². The molecule has 1 aromatic carbocycles. The number of rotatable bonds is 5. The van der Waals surface area contributed by atoms with E-state index in [0.717, 1.165) is 18.3 Å². The SMILES string of the molecule is COC(=O)N[C@H](C(=O)N1CCC[C@H]1c1nc2ccc(B3OC(C)(C)C(C)(C)O3)cc2o1)C(C)C. The lowest BCUT2D eigenvalue weighted by molar-refractivity contribution is -0.135. The molecule has 3 heterocycles. The average Bonchev–Trinajstić information content (AvgIpc) is 3.46. The van der Waals surface area contributed by atoms with Gasteiger partial charge in [0.2, 0.25) is 11.8 Å². The van der Waals surface area contributed by atoms with Gasteiger partial charge in [0.1, 0.15) is 17.6 Å². The summed E-state index contributed by atoms with van der Waals surface area (Å²) in [5, 5.41) is 2.66. The standard InChI is InChI=1S/C24H34BN3O6/c1-14(2)19(27-22(30)31-7)21(29)28-12-8-9-17(28)20-26-16-11-10-15(13-18(16)32-20)25-33-23(3,4)24(5,6)34-25/h10-11,13-14,17,19H,8-9,12H2,1-7H3,(H,27,30)/t17-,19-/m0/s1. The van der Waals surface area contributed by atoms with Gasteiger partial charge in [-0.2, -0.15) is 0 Å². The van der Waals surface area contributed by atoms with Crippen LogP contribution in [0.15, 0.2) is 22.6 Å². The van der Waals surface area contributed by atoms with Gasteiger partial charge in [0.15, 0.2) is 5.58 Å². The number of oxazole rings is 1. The van der Waals surface area contributed by atoms with Crippen molar-refractivity contribution in [2.75, 3.05) is 13.7 Å². The third-order valence-corrected chi connectivity index (χ3v) is 7.17. The molecule has 2 atom stereocenters. The molecule has 2 aromatic rings. The summed E-state index contributed by atoms with van der Waals surface area (Å²) >= 11 is 0. The Morgan fingerprint density at radius 1 is 1.21 bits per heavy atom. The Balaban J connectivity index is 1.57. The number of carbonyl (C=O) groups excluding carboxylic acids is 2. The number of amides is 2. The van der Waals surface area contributed by atoms with E-state index in [-0.39, 0.29) is 17.9 Å². The summed E-state index contributed by atoms with van der Waals surface area (Å²) in [5.74, 6) is 0.231. The fraction of sp³-hybridized carbons (Fsp3) is 0.625. The normalized spacial score (nSPS) is 22.4. The Hall–Kier alpha value is -2.59. The second kappa shape index (κ2) is 8.89. The summed E-state index contributed by atoms with van der Waals surface area (Å²) in [4.78, 5) is 31.6. The molecule has 0 aliphatic carbocycles. The van der Waals surface area contributed by atoms with E-state index in [1.165, 1.54) is 7.11 Å². The van der Waals surface area contributed by atoms with Gasteiger partial charge in [0, 0.05) is 6.54 Å². The Kier molecular flexibility index (Phi) is 6.41. The summed E-state index contributed by atoms with van der Waals surface area (Å²) in [5.41, 5.74) is 1.32. The number of hydrogen-bond donors (Lipinski definition) is 1. The van der Waals surface area contributed by atoms with Crippen molar-refractivity contribution in [1.82, 2.24) is 15.2 Å². The maximum Gasteiger partial charge on any atom is 0.494 e. The molecule has 2 amide bonds. The molecule has 184 valence electrons. The molecule has 1 N–H and O–H groups in total. The van der Waals surface area contributed by atoms with Crippen LogP contribution in [-0.4, -0.2) is 59.9 Å². The predicted octanol–water partition coefficient (Wildman–Crippen LogP) is 3.17. The molecule has 2 saturated heterocycles. The van der Waals surface area contributed by atoms with Crippen molar-refractivity contribution in [2.45, 2.75) is 77.7 Å². The number of hydrogen-bond acceptors (Lipinski definition) is 7. The van der Waals surface area contributed by atoms with Gasteiger partial charge < -0.3 is 28.7 Å². The van der Waals surface area contributed by atoms with E-state index < -0.39 is 30.5 Å². The fourth-order valence-corrected chi connectivity index (χ4v) is 4.39. The van der Waals surface area contributed by atoms with Crippen molar-refractivity contribution in [3.05, 3.63) is 24.1 Å². The molecule has 4 rings (SSSR count). The summed E-state index contributed by atoms with van der Waals surface area (Å²) in [7, 11) is 0.787. The highest BCUT2D eigenvalue weighted by atomic mass is 16.7. The minimum Gasteiger partial charge on any atom is -0.453 e. The maximum absolute atomic E-state index is 13.3. The molecular weight excluding hydrogens is 437 g/mol. The molecular formula is C24H34BN3O6. The van der Waals surface area contributed by atoms with E-state index in [1.54, 1.807) is 4.90 Å². The summed E-state index contributed by atoms with van der Waals surface area (Å²) < 4.78 is 23.2. The first-order valence-electron chi connectivity index (χ1n) is 11.8. The van der Waals surface area contributed by atoms with Crippen LogP contribution in [0.1, 0.15) is 66.3 Å².